The standard InChI is InChI=1S/C12H13NO2/c1-3-15-12(14)7-5-10-8-9(2)4-6-11(10)13/h4,6,8H,3,13H2,1-2H3. The minimum absolute atomic E-state index is 0.330. The number of aryl methyl sites for hydroxylation is 1. The summed E-state index contributed by atoms with van der Waals surface area (Å²) in [6.07, 6.45) is 0. The fourth-order valence-electron chi connectivity index (χ4n) is 1.06. The van der Waals surface area contributed by atoms with Crippen molar-refractivity contribution >= 4 is 11.7 Å². The Bertz CT molecular complexity index is 427. The van der Waals surface area contributed by atoms with Crippen molar-refractivity contribution in [1.82, 2.24) is 0 Å². The maximum absolute atomic E-state index is 11.0. The molecule has 0 fully saturated rings. The van der Waals surface area contributed by atoms with E-state index >= 15 is 0 Å². The first-order chi connectivity index (χ1) is 7.13. The summed E-state index contributed by atoms with van der Waals surface area (Å²) in [5, 5.41) is 0. The molecule has 1 rings (SSSR count). The van der Waals surface area contributed by atoms with E-state index in [2.05, 4.69) is 16.6 Å². The maximum atomic E-state index is 11.0. The summed E-state index contributed by atoms with van der Waals surface area (Å²) in [7, 11) is 0. The van der Waals surface area contributed by atoms with E-state index in [0.717, 1.165) is 5.56 Å². The molecule has 0 aliphatic rings. The normalized spacial score (nSPS) is 8.93. The molecule has 1 aromatic carbocycles. The molecule has 0 amide bonds. The van der Waals surface area contributed by atoms with E-state index in [1.165, 1.54) is 0 Å². The first-order valence-electron chi connectivity index (χ1n) is 4.68. The molecular formula is C12H13NO2. The summed E-state index contributed by atoms with van der Waals surface area (Å²) in [6.45, 7) is 4.01. The molecule has 15 heavy (non-hydrogen) atoms. The smallest absolute Gasteiger partial charge is 0.384 e. The Morgan fingerprint density at radius 1 is 1.53 bits per heavy atom. The monoisotopic (exact) mass is 203 g/mol. The Morgan fingerprint density at radius 3 is 2.93 bits per heavy atom. The highest BCUT2D eigenvalue weighted by Gasteiger charge is 1.97. The molecule has 78 valence electrons. The average Bonchev–Trinajstić information content (AvgIpc) is 2.20. The van der Waals surface area contributed by atoms with Gasteiger partial charge in [0.05, 0.1) is 6.61 Å². The van der Waals surface area contributed by atoms with Crippen molar-refractivity contribution < 1.29 is 9.53 Å². The number of nitrogens with two attached hydrogens (primary N) is 1. The zero-order valence-corrected chi connectivity index (χ0v) is 8.83. The lowest BCUT2D eigenvalue weighted by Gasteiger charge is -1.98. The Hall–Kier alpha value is -1.95. The lowest BCUT2D eigenvalue weighted by atomic mass is 10.1. The quantitative estimate of drug-likeness (QED) is 0.427. The number of ether oxygens (including phenoxy) is 1. The topological polar surface area (TPSA) is 52.3 Å². The molecule has 3 heteroatoms. The number of hydrogen-bond acceptors (Lipinski definition) is 3. The molecule has 0 unspecified atom stereocenters. The van der Waals surface area contributed by atoms with Gasteiger partial charge in [-0.3, -0.25) is 0 Å². The zero-order chi connectivity index (χ0) is 11.3. The van der Waals surface area contributed by atoms with Crippen LogP contribution in [0.25, 0.3) is 0 Å². The number of rotatable bonds is 1. The van der Waals surface area contributed by atoms with E-state index in [9.17, 15) is 4.79 Å². The van der Waals surface area contributed by atoms with Crippen LogP contribution in [0.4, 0.5) is 5.69 Å². The van der Waals surface area contributed by atoms with E-state index in [-0.39, 0.29) is 0 Å². The van der Waals surface area contributed by atoms with E-state index in [4.69, 9.17) is 5.73 Å². The van der Waals surface area contributed by atoms with Gasteiger partial charge in [-0.1, -0.05) is 12.0 Å². The van der Waals surface area contributed by atoms with Crippen LogP contribution < -0.4 is 5.73 Å². The highest BCUT2D eigenvalue weighted by Crippen LogP contribution is 2.11. The van der Waals surface area contributed by atoms with Gasteiger partial charge in [0.2, 0.25) is 0 Å². The molecule has 0 aliphatic heterocycles. The predicted molar refractivity (Wildman–Crippen MR) is 59.1 cm³/mol. The highest BCUT2D eigenvalue weighted by atomic mass is 16.5. The van der Waals surface area contributed by atoms with Gasteiger partial charge in [-0.05, 0) is 31.5 Å². The summed E-state index contributed by atoms with van der Waals surface area (Å²) < 4.78 is 4.68. The van der Waals surface area contributed by atoms with Crippen LogP contribution in [-0.4, -0.2) is 12.6 Å². The van der Waals surface area contributed by atoms with Crippen LogP contribution >= 0.6 is 0 Å². The number of carbonyl (C=O) groups excluding carboxylic acids is 1. The van der Waals surface area contributed by atoms with Crippen molar-refractivity contribution in [2.24, 2.45) is 0 Å². The van der Waals surface area contributed by atoms with Crippen LogP contribution in [0, 0.1) is 18.8 Å². The largest absolute Gasteiger partial charge is 0.456 e. The fourth-order valence-corrected chi connectivity index (χ4v) is 1.06. The van der Waals surface area contributed by atoms with E-state index in [0.29, 0.717) is 17.9 Å². The van der Waals surface area contributed by atoms with Crippen molar-refractivity contribution in [3.63, 3.8) is 0 Å². The minimum atomic E-state index is -0.529. The predicted octanol–water partition coefficient (Wildman–Crippen LogP) is 1.49. The summed E-state index contributed by atoms with van der Waals surface area (Å²) >= 11 is 0. The van der Waals surface area contributed by atoms with Crippen LogP contribution in [-0.2, 0) is 9.53 Å². The molecule has 0 bridgehead atoms. The van der Waals surface area contributed by atoms with Crippen molar-refractivity contribution in [2.45, 2.75) is 13.8 Å². The Labute approximate surface area is 89.2 Å². The fraction of sp³-hybridized carbons (Fsp3) is 0.250. The third-order valence-corrected chi connectivity index (χ3v) is 1.78. The first-order valence-corrected chi connectivity index (χ1v) is 4.68. The van der Waals surface area contributed by atoms with Gasteiger partial charge in [-0.15, -0.1) is 0 Å². The zero-order valence-electron chi connectivity index (χ0n) is 8.83. The summed E-state index contributed by atoms with van der Waals surface area (Å²) in [5.74, 6) is 4.54. The number of carbonyl (C=O) groups is 1. The molecule has 0 radical (unpaired) electrons. The molecule has 0 saturated heterocycles. The molecule has 2 N–H and O–H groups in total. The van der Waals surface area contributed by atoms with Crippen LogP contribution in [0.2, 0.25) is 0 Å². The van der Waals surface area contributed by atoms with Crippen molar-refractivity contribution in [3.8, 4) is 11.8 Å². The number of esters is 1. The molecule has 0 heterocycles. The van der Waals surface area contributed by atoms with Gasteiger partial charge in [-0.25, -0.2) is 4.79 Å². The van der Waals surface area contributed by atoms with Gasteiger partial charge in [0.15, 0.2) is 0 Å². The van der Waals surface area contributed by atoms with E-state index in [1.54, 1.807) is 13.0 Å². The van der Waals surface area contributed by atoms with Gasteiger partial charge in [0.25, 0.3) is 0 Å². The van der Waals surface area contributed by atoms with E-state index < -0.39 is 5.97 Å². The van der Waals surface area contributed by atoms with Gasteiger partial charge in [-0.2, -0.15) is 0 Å². The second-order valence-electron chi connectivity index (χ2n) is 3.06. The highest BCUT2D eigenvalue weighted by molar-refractivity contribution is 5.89. The summed E-state index contributed by atoms with van der Waals surface area (Å²) in [6, 6.07) is 5.50. The molecule has 0 saturated carbocycles. The van der Waals surface area contributed by atoms with Crippen LogP contribution in [0.3, 0.4) is 0 Å². The molecule has 0 spiro atoms. The van der Waals surface area contributed by atoms with E-state index in [1.807, 2.05) is 19.1 Å². The van der Waals surface area contributed by atoms with Crippen molar-refractivity contribution in [1.29, 1.82) is 0 Å². The molecule has 0 atom stereocenters. The van der Waals surface area contributed by atoms with Crippen LogP contribution in [0.15, 0.2) is 18.2 Å². The Morgan fingerprint density at radius 2 is 2.27 bits per heavy atom. The SMILES string of the molecule is CCOC(=O)C#Cc1cc(C)ccc1N. The van der Waals surface area contributed by atoms with Gasteiger partial charge in [0, 0.05) is 17.2 Å². The van der Waals surface area contributed by atoms with Crippen LogP contribution in [0.5, 0.6) is 0 Å². The lowest BCUT2D eigenvalue weighted by molar-refractivity contribution is -0.136. The number of nitrogen functional groups attached to an aromatic ring is 1. The third-order valence-electron chi connectivity index (χ3n) is 1.78. The molecule has 3 nitrogen and oxygen atoms in total. The minimum Gasteiger partial charge on any atom is -0.456 e. The molecular weight excluding hydrogens is 190 g/mol. The van der Waals surface area contributed by atoms with Gasteiger partial charge in [0.1, 0.15) is 0 Å². The number of benzene rings is 1. The Kier molecular flexibility index (Phi) is 3.75. The summed E-state index contributed by atoms with van der Waals surface area (Å²) in [4.78, 5) is 11.0. The van der Waals surface area contributed by atoms with Gasteiger partial charge < -0.3 is 10.5 Å². The van der Waals surface area contributed by atoms with Crippen LogP contribution in [0.1, 0.15) is 18.1 Å². The maximum Gasteiger partial charge on any atom is 0.384 e. The van der Waals surface area contributed by atoms with Gasteiger partial charge >= 0.3 is 5.97 Å². The van der Waals surface area contributed by atoms with Crippen molar-refractivity contribution in [3.05, 3.63) is 29.3 Å². The Balaban J connectivity index is 2.88. The first kappa shape index (κ1) is 11.1. The molecule has 1 aromatic rings. The molecule has 0 aromatic heterocycles. The number of hydrogen-bond donors (Lipinski definition) is 1. The average molecular weight is 203 g/mol. The second-order valence-corrected chi connectivity index (χ2v) is 3.06. The third kappa shape index (κ3) is 3.35. The second kappa shape index (κ2) is 5.06. The lowest BCUT2D eigenvalue weighted by Crippen LogP contribution is -2.00. The number of anilines is 1. The summed E-state index contributed by atoms with van der Waals surface area (Å²) in [5.41, 5.74) is 7.97. The van der Waals surface area contributed by atoms with Crippen molar-refractivity contribution in [2.75, 3.05) is 12.3 Å². The molecule has 0 aliphatic carbocycles.